The summed E-state index contributed by atoms with van der Waals surface area (Å²) in [5.41, 5.74) is 3.27. The SMILES string of the molecule is C=CCc1cc(/C=C2/C(=O)NC(=O)N(c3ccc(C)c(Cl)c3)C2=O)cc(Br)c1OCc1ccc(Br)cc1. The van der Waals surface area contributed by atoms with Gasteiger partial charge >= 0.3 is 6.03 Å². The van der Waals surface area contributed by atoms with Crippen LogP contribution in [0.2, 0.25) is 5.02 Å². The van der Waals surface area contributed by atoms with Crippen LogP contribution >= 0.6 is 43.5 Å². The fraction of sp³-hybridized carbons (Fsp3) is 0.107. The molecule has 4 rings (SSSR count). The summed E-state index contributed by atoms with van der Waals surface area (Å²) in [6.07, 6.45) is 3.69. The number of barbiturate groups is 1. The number of urea groups is 1. The standard InChI is InChI=1S/C28H21Br2ClN2O4/c1-3-4-19-11-18(13-23(30)25(19)37-15-17-6-8-20(29)9-7-17)12-22-26(34)32-28(36)33(27(22)35)21-10-5-16(2)24(31)14-21/h3,5-14H,1,4,15H2,2H3,(H,32,34,36)/b22-12-. The Hall–Kier alpha value is -3.20. The van der Waals surface area contributed by atoms with Crippen LogP contribution in [0.1, 0.15) is 22.3 Å². The maximum atomic E-state index is 13.3. The van der Waals surface area contributed by atoms with Crippen molar-refractivity contribution in [3.8, 4) is 5.75 Å². The molecule has 9 heteroatoms. The van der Waals surface area contributed by atoms with Gasteiger partial charge in [-0.05, 0) is 94.0 Å². The number of allylic oxidation sites excluding steroid dienone is 1. The van der Waals surface area contributed by atoms with E-state index in [-0.39, 0.29) is 11.3 Å². The van der Waals surface area contributed by atoms with Gasteiger partial charge in [-0.25, -0.2) is 9.69 Å². The molecule has 1 saturated heterocycles. The molecule has 1 aliphatic heterocycles. The van der Waals surface area contributed by atoms with Crippen molar-refractivity contribution in [3.05, 3.63) is 109 Å². The number of carbonyl (C=O) groups excluding carboxylic acids is 3. The maximum absolute atomic E-state index is 13.3. The fourth-order valence-corrected chi connectivity index (χ4v) is 4.81. The molecule has 0 bridgehead atoms. The van der Waals surface area contributed by atoms with Gasteiger partial charge in [0.15, 0.2) is 0 Å². The van der Waals surface area contributed by atoms with Crippen molar-refractivity contribution in [1.82, 2.24) is 5.32 Å². The zero-order valence-electron chi connectivity index (χ0n) is 19.7. The summed E-state index contributed by atoms with van der Waals surface area (Å²) in [7, 11) is 0. The Labute approximate surface area is 236 Å². The van der Waals surface area contributed by atoms with E-state index in [1.807, 2.05) is 37.3 Å². The first-order valence-electron chi connectivity index (χ1n) is 11.2. The van der Waals surface area contributed by atoms with E-state index < -0.39 is 17.8 Å². The first-order valence-corrected chi connectivity index (χ1v) is 13.1. The number of anilines is 1. The third-order valence-corrected chi connectivity index (χ3v) is 7.15. The van der Waals surface area contributed by atoms with Crippen LogP contribution in [-0.2, 0) is 22.6 Å². The minimum Gasteiger partial charge on any atom is -0.487 e. The van der Waals surface area contributed by atoms with Gasteiger partial charge in [-0.3, -0.25) is 14.9 Å². The van der Waals surface area contributed by atoms with Crippen molar-refractivity contribution in [2.45, 2.75) is 20.0 Å². The van der Waals surface area contributed by atoms with Gasteiger partial charge in [0.05, 0.1) is 10.2 Å². The van der Waals surface area contributed by atoms with E-state index in [9.17, 15) is 14.4 Å². The molecule has 188 valence electrons. The van der Waals surface area contributed by atoms with Gasteiger partial charge in [0.1, 0.15) is 17.9 Å². The minimum atomic E-state index is -0.836. The lowest BCUT2D eigenvalue weighted by atomic mass is 10.0. The van der Waals surface area contributed by atoms with Crippen molar-refractivity contribution in [3.63, 3.8) is 0 Å². The normalized spacial score (nSPS) is 14.6. The second kappa shape index (κ2) is 11.5. The molecule has 1 heterocycles. The number of aryl methyl sites for hydroxylation is 1. The molecule has 37 heavy (non-hydrogen) atoms. The molecule has 6 nitrogen and oxygen atoms in total. The van der Waals surface area contributed by atoms with Gasteiger partial charge in [0, 0.05) is 9.50 Å². The Morgan fingerprint density at radius 1 is 1.05 bits per heavy atom. The number of imide groups is 2. The zero-order chi connectivity index (χ0) is 26.7. The first-order chi connectivity index (χ1) is 17.7. The maximum Gasteiger partial charge on any atom is 0.335 e. The highest BCUT2D eigenvalue weighted by Crippen LogP contribution is 2.34. The van der Waals surface area contributed by atoms with E-state index in [0.717, 1.165) is 26.1 Å². The largest absolute Gasteiger partial charge is 0.487 e. The average molecular weight is 645 g/mol. The van der Waals surface area contributed by atoms with Crippen LogP contribution in [0.4, 0.5) is 10.5 Å². The lowest BCUT2D eigenvalue weighted by molar-refractivity contribution is -0.122. The third-order valence-electron chi connectivity index (χ3n) is 5.63. The Morgan fingerprint density at radius 3 is 2.46 bits per heavy atom. The summed E-state index contributed by atoms with van der Waals surface area (Å²) in [5.74, 6) is -0.887. The van der Waals surface area contributed by atoms with Gasteiger partial charge in [0.25, 0.3) is 11.8 Å². The number of ether oxygens (including phenoxy) is 1. The molecule has 1 aliphatic rings. The second-order valence-corrected chi connectivity index (χ2v) is 10.5. The van der Waals surface area contributed by atoms with E-state index in [1.54, 1.807) is 24.3 Å². The van der Waals surface area contributed by atoms with Crippen LogP contribution in [0.15, 0.2) is 81.8 Å². The summed E-state index contributed by atoms with van der Waals surface area (Å²) in [6.45, 7) is 5.99. The number of benzene rings is 3. The lowest BCUT2D eigenvalue weighted by Gasteiger charge is -2.26. The molecule has 1 N–H and O–H groups in total. The third kappa shape index (κ3) is 6.04. The number of amides is 4. The van der Waals surface area contributed by atoms with Crippen LogP contribution in [0, 0.1) is 6.92 Å². The van der Waals surface area contributed by atoms with Crippen molar-refractivity contribution < 1.29 is 19.1 Å². The van der Waals surface area contributed by atoms with E-state index in [2.05, 4.69) is 43.8 Å². The summed E-state index contributed by atoms with van der Waals surface area (Å²) in [6, 6.07) is 15.4. The van der Waals surface area contributed by atoms with Crippen molar-refractivity contribution in [2.24, 2.45) is 0 Å². The fourth-order valence-electron chi connectivity index (χ4n) is 3.74. The Bertz CT molecular complexity index is 1450. The summed E-state index contributed by atoms with van der Waals surface area (Å²) in [5, 5.41) is 2.63. The van der Waals surface area contributed by atoms with Crippen LogP contribution in [-0.4, -0.2) is 17.8 Å². The molecule has 0 aliphatic carbocycles. The molecule has 0 unspecified atom stereocenters. The number of nitrogens with zero attached hydrogens (tertiary/aromatic N) is 1. The smallest absolute Gasteiger partial charge is 0.335 e. The summed E-state index contributed by atoms with van der Waals surface area (Å²) < 4.78 is 7.73. The molecular weight excluding hydrogens is 624 g/mol. The highest BCUT2D eigenvalue weighted by atomic mass is 79.9. The molecule has 0 saturated carbocycles. The molecule has 0 atom stereocenters. The quantitative estimate of drug-likeness (QED) is 0.169. The van der Waals surface area contributed by atoms with Crippen molar-refractivity contribution in [1.29, 1.82) is 0 Å². The summed E-state index contributed by atoms with van der Waals surface area (Å²) >= 11 is 13.2. The minimum absolute atomic E-state index is 0.184. The second-order valence-electron chi connectivity index (χ2n) is 8.29. The predicted molar refractivity (Wildman–Crippen MR) is 152 cm³/mol. The van der Waals surface area contributed by atoms with E-state index in [4.69, 9.17) is 16.3 Å². The van der Waals surface area contributed by atoms with Gasteiger partial charge < -0.3 is 4.74 Å². The zero-order valence-corrected chi connectivity index (χ0v) is 23.6. The molecule has 0 spiro atoms. The first kappa shape index (κ1) is 26.9. The number of nitrogens with one attached hydrogen (secondary N) is 1. The van der Waals surface area contributed by atoms with Crippen LogP contribution < -0.4 is 15.0 Å². The molecule has 1 fully saturated rings. The van der Waals surface area contributed by atoms with Crippen molar-refractivity contribution in [2.75, 3.05) is 4.90 Å². The molecule has 4 amide bonds. The van der Waals surface area contributed by atoms with E-state index >= 15 is 0 Å². The van der Waals surface area contributed by atoms with E-state index in [1.165, 1.54) is 12.1 Å². The molecule has 3 aromatic carbocycles. The average Bonchev–Trinajstić information content (AvgIpc) is 2.84. The van der Waals surface area contributed by atoms with Crippen molar-refractivity contribution >= 4 is 73.1 Å². The summed E-state index contributed by atoms with van der Waals surface area (Å²) in [4.78, 5) is 39.3. The number of halogens is 3. The Kier molecular flexibility index (Phi) is 8.32. The number of carbonyl (C=O) groups is 3. The molecule has 0 aromatic heterocycles. The number of rotatable bonds is 7. The van der Waals surface area contributed by atoms with Gasteiger partial charge in [-0.1, -0.05) is 51.8 Å². The molecule has 3 aromatic rings. The highest BCUT2D eigenvalue weighted by molar-refractivity contribution is 9.10. The van der Waals surface area contributed by atoms with Gasteiger partial charge in [-0.2, -0.15) is 0 Å². The van der Waals surface area contributed by atoms with Gasteiger partial charge in [0.2, 0.25) is 0 Å². The van der Waals surface area contributed by atoms with Crippen LogP contribution in [0.25, 0.3) is 6.08 Å². The highest BCUT2D eigenvalue weighted by Gasteiger charge is 2.37. The monoisotopic (exact) mass is 642 g/mol. The Balaban J connectivity index is 1.66. The molecule has 0 radical (unpaired) electrons. The Morgan fingerprint density at radius 2 is 1.78 bits per heavy atom. The molecular formula is C28H21Br2ClN2O4. The predicted octanol–water partition coefficient (Wildman–Crippen LogP) is 7.15. The van der Waals surface area contributed by atoms with Crippen LogP contribution in [0.5, 0.6) is 5.75 Å². The van der Waals surface area contributed by atoms with Crippen LogP contribution in [0.3, 0.4) is 0 Å². The van der Waals surface area contributed by atoms with E-state index in [0.29, 0.717) is 33.8 Å². The van der Waals surface area contributed by atoms with Gasteiger partial charge in [-0.15, -0.1) is 6.58 Å². The number of hydrogen-bond donors (Lipinski definition) is 1. The lowest BCUT2D eigenvalue weighted by Crippen LogP contribution is -2.54. The topological polar surface area (TPSA) is 75.7 Å². The number of hydrogen-bond acceptors (Lipinski definition) is 4.